The number of carbonyl (C=O) groups is 1. The minimum absolute atomic E-state index is 0.195. The highest BCUT2D eigenvalue weighted by atomic mass is 32.1. The van der Waals surface area contributed by atoms with Crippen molar-refractivity contribution >= 4 is 38.4 Å². The van der Waals surface area contributed by atoms with E-state index in [1.54, 1.807) is 36.4 Å². The number of hydrogen-bond acceptors (Lipinski definition) is 6. The standard InChI is InChI=1S/C20H15N3O3S/c1-12(22-23-20-21-15-8-4-5-9-18(15)27-20)16-10-11-17(26-16)13-6-2-3-7-14(13)19(24)25/h2-11H,1H3,(H,21,23)(H,24,25)/b22-12+. The Morgan fingerprint density at radius 2 is 1.89 bits per heavy atom. The monoisotopic (exact) mass is 377 g/mol. The van der Waals surface area contributed by atoms with Gasteiger partial charge in [0, 0.05) is 5.56 Å². The SMILES string of the molecule is C/C(=N\Nc1nc2ccccc2s1)c1ccc(-c2ccccc2C(=O)O)o1. The number of carboxylic acid groups (broad SMARTS) is 1. The number of thiazole rings is 1. The molecule has 0 atom stereocenters. The first-order chi connectivity index (χ1) is 13.1. The van der Waals surface area contributed by atoms with Crippen LogP contribution in [0.25, 0.3) is 21.5 Å². The van der Waals surface area contributed by atoms with Crippen molar-refractivity contribution < 1.29 is 14.3 Å². The third kappa shape index (κ3) is 3.45. The molecule has 4 aromatic rings. The molecule has 2 aromatic carbocycles. The zero-order chi connectivity index (χ0) is 18.8. The van der Waals surface area contributed by atoms with Crippen molar-refractivity contribution in [3.63, 3.8) is 0 Å². The van der Waals surface area contributed by atoms with Gasteiger partial charge in [0.05, 0.1) is 15.8 Å². The van der Waals surface area contributed by atoms with Crippen molar-refractivity contribution in [3.05, 3.63) is 72.0 Å². The second kappa shape index (κ2) is 7.05. The van der Waals surface area contributed by atoms with Crippen LogP contribution >= 0.6 is 11.3 Å². The molecule has 0 amide bonds. The first-order valence-electron chi connectivity index (χ1n) is 8.20. The molecule has 0 unspecified atom stereocenters. The Morgan fingerprint density at radius 3 is 2.70 bits per heavy atom. The number of aromatic nitrogens is 1. The number of furan rings is 1. The third-order valence-corrected chi connectivity index (χ3v) is 4.94. The van der Waals surface area contributed by atoms with Gasteiger partial charge < -0.3 is 9.52 Å². The third-order valence-electron chi connectivity index (χ3n) is 4.00. The Bertz CT molecular complexity index is 1130. The molecule has 2 heterocycles. The number of anilines is 1. The molecule has 0 radical (unpaired) electrons. The maximum Gasteiger partial charge on any atom is 0.336 e. The predicted molar refractivity (Wildman–Crippen MR) is 107 cm³/mol. The lowest BCUT2D eigenvalue weighted by Crippen LogP contribution is -1.99. The second-order valence-electron chi connectivity index (χ2n) is 5.81. The highest BCUT2D eigenvalue weighted by Crippen LogP contribution is 2.27. The molecule has 0 saturated heterocycles. The molecule has 2 aromatic heterocycles. The normalized spacial score (nSPS) is 11.7. The average molecular weight is 377 g/mol. The number of carboxylic acids is 1. The summed E-state index contributed by atoms with van der Waals surface area (Å²) in [6, 6.07) is 18.1. The van der Waals surface area contributed by atoms with Gasteiger partial charge in [-0.25, -0.2) is 9.78 Å². The van der Waals surface area contributed by atoms with Gasteiger partial charge >= 0.3 is 5.97 Å². The number of fused-ring (bicyclic) bond motifs is 1. The number of nitrogens with one attached hydrogen (secondary N) is 1. The lowest BCUT2D eigenvalue weighted by molar-refractivity contribution is 0.0697. The largest absolute Gasteiger partial charge is 0.478 e. The van der Waals surface area contributed by atoms with Gasteiger partial charge in [0.25, 0.3) is 0 Å². The van der Waals surface area contributed by atoms with Crippen LogP contribution in [0.3, 0.4) is 0 Å². The number of hydrogen-bond donors (Lipinski definition) is 2. The van der Waals surface area contributed by atoms with Crippen molar-refractivity contribution in [3.8, 4) is 11.3 Å². The fourth-order valence-corrected chi connectivity index (χ4v) is 3.48. The molecular formula is C20H15N3O3S. The highest BCUT2D eigenvalue weighted by Gasteiger charge is 2.15. The molecule has 7 heteroatoms. The molecule has 0 spiro atoms. The van der Waals surface area contributed by atoms with E-state index in [1.165, 1.54) is 11.3 Å². The molecular weight excluding hydrogens is 362 g/mol. The molecule has 134 valence electrons. The van der Waals surface area contributed by atoms with Gasteiger partial charge in [0.2, 0.25) is 5.13 Å². The predicted octanol–water partition coefficient (Wildman–Crippen LogP) is 5.09. The second-order valence-corrected chi connectivity index (χ2v) is 6.84. The molecule has 0 saturated carbocycles. The van der Waals surface area contributed by atoms with Crippen molar-refractivity contribution in [2.24, 2.45) is 5.10 Å². The average Bonchev–Trinajstić information content (AvgIpc) is 3.33. The zero-order valence-electron chi connectivity index (χ0n) is 14.3. The molecule has 6 nitrogen and oxygen atoms in total. The molecule has 0 aliphatic carbocycles. The van der Waals surface area contributed by atoms with Gasteiger partial charge in [0.1, 0.15) is 11.5 Å². The van der Waals surface area contributed by atoms with Gasteiger partial charge in [0.15, 0.2) is 5.76 Å². The van der Waals surface area contributed by atoms with E-state index in [0.29, 0.717) is 27.9 Å². The molecule has 0 fully saturated rings. The van der Waals surface area contributed by atoms with Gasteiger partial charge in [-0.05, 0) is 37.3 Å². The number of hydrazone groups is 1. The van der Waals surface area contributed by atoms with Crippen LogP contribution in [-0.2, 0) is 0 Å². The van der Waals surface area contributed by atoms with E-state index < -0.39 is 5.97 Å². The van der Waals surface area contributed by atoms with Crippen LogP contribution in [0.5, 0.6) is 0 Å². The Morgan fingerprint density at radius 1 is 1.11 bits per heavy atom. The van der Waals surface area contributed by atoms with E-state index >= 15 is 0 Å². The van der Waals surface area contributed by atoms with Gasteiger partial charge in [-0.3, -0.25) is 5.43 Å². The fraction of sp³-hybridized carbons (Fsp3) is 0.0500. The minimum Gasteiger partial charge on any atom is -0.478 e. The van der Waals surface area contributed by atoms with Crippen molar-refractivity contribution in [2.45, 2.75) is 6.92 Å². The van der Waals surface area contributed by atoms with Gasteiger partial charge in [-0.2, -0.15) is 5.10 Å². The summed E-state index contributed by atoms with van der Waals surface area (Å²) in [5.41, 5.74) is 5.23. The first-order valence-corrected chi connectivity index (χ1v) is 9.02. The number of benzene rings is 2. The van der Waals surface area contributed by atoms with Crippen LogP contribution in [0.15, 0.2) is 70.2 Å². The lowest BCUT2D eigenvalue weighted by Gasteiger charge is -2.02. The number of aromatic carboxylic acids is 1. The van der Waals surface area contributed by atoms with Crippen LogP contribution in [0, 0.1) is 0 Å². The van der Waals surface area contributed by atoms with Crippen LogP contribution in [-0.4, -0.2) is 21.8 Å². The van der Waals surface area contributed by atoms with E-state index in [2.05, 4.69) is 15.5 Å². The topological polar surface area (TPSA) is 87.7 Å². The summed E-state index contributed by atoms with van der Waals surface area (Å²) >= 11 is 1.52. The molecule has 0 aliphatic rings. The fourth-order valence-electron chi connectivity index (χ4n) is 2.67. The van der Waals surface area contributed by atoms with E-state index in [0.717, 1.165) is 10.2 Å². The maximum atomic E-state index is 11.4. The number of rotatable bonds is 5. The van der Waals surface area contributed by atoms with Crippen molar-refractivity contribution in [1.29, 1.82) is 0 Å². The molecule has 0 bridgehead atoms. The van der Waals surface area contributed by atoms with E-state index in [-0.39, 0.29) is 5.56 Å². The van der Waals surface area contributed by atoms with Gasteiger partial charge in [-0.1, -0.05) is 41.7 Å². The van der Waals surface area contributed by atoms with Crippen molar-refractivity contribution in [2.75, 3.05) is 5.43 Å². The smallest absolute Gasteiger partial charge is 0.336 e. The van der Waals surface area contributed by atoms with Gasteiger partial charge in [-0.15, -0.1) is 0 Å². The van der Waals surface area contributed by atoms with Crippen LogP contribution in [0.1, 0.15) is 23.0 Å². The van der Waals surface area contributed by atoms with Crippen LogP contribution in [0.2, 0.25) is 0 Å². The number of para-hydroxylation sites is 1. The summed E-state index contributed by atoms with van der Waals surface area (Å²) in [7, 11) is 0. The molecule has 2 N–H and O–H groups in total. The van der Waals surface area contributed by atoms with E-state index in [1.807, 2.05) is 31.2 Å². The quantitative estimate of drug-likeness (QED) is 0.374. The Kier molecular flexibility index (Phi) is 4.43. The summed E-state index contributed by atoms with van der Waals surface area (Å²) in [5, 5.41) is 14.4. The van der Waals surface area contributed by atoms with E-state index in [4.69, 9.17) is 4.42 Å². The Balaban J connectivity index is 1.57. The summed E-state index contributed by atoms with van der Waals surface area (Å²) in [6.45, 7) is 1.81. The van der Waals surface area contributed by atoms with Crippen LogP contribution < -0.4 is 5.43 Å². The van der Waals surface area contributed by atoms with Crippen LogP contribution in [0.4, 0.5) is 5.13 Å². The minimum atomic E-state index is -0.994. The first kappa shape index (κ1) is 17.0. The summed E-state index contributed by atoms with van der Waals surface area (Å²) in [4.78, 5) is 15.9. The molecule has 0 aliphatic heterocycles. The lowest BCUT2D eigenvalue weighted by atomic mass is 10.1. The molecule has 4 rings (SSSR count). The highest BCUT2D eigenvalue weighted by molar-refractivity contribution is 7.22. The molecule has 27 heavy (non-hydrogen) atoms. The number of nitrogens with zero attached hydrogens (tertiary/aromatic N) is 2. The van der Waals surface area contributed by atoms with Crippen molar-refractivity contribution in [1.82, 2.24) is 4.98 Å². The Hall–Kier alpha value is -3.45. The maximum absolute atomic E-state index is 11.4. The van der Waals surface area contributed by atoms with E-state index in [9.17, 15) is 9.90 Å². The summed E-state index contributed by atoms with van der Waals surface area (Å²) in [5.74, 6) is 0.0442. The Labute approximate surface area is 158 Å². The summed E-state index contributed by atoms with van der Waals surface area (Å²) in [6.07, 6.45) is 0. The zero-order valence-corrected chi connectivity index (χ0v) is 15.2. The summed E-state index contributed by atoms with van der Waals surface area (Å²) < 4.78 is 6.90.